The molecule has 6 saturated heterocycles. The van der Waals surface area contributed by atoms with E-state index < -0.39 is 96.2 Å². The molecule has 2 aliphatic carbocycles. The first-order valence-corrected chi connectivity index (χ1v) is 19.8. The fraction of sp³-hybridized carbons (Fsp3) is 0.700. The molecule has 8 fully saturated rings. The number of hydrogen-bond acceptors (Lipinski definition) is 12. The minimum Gasteiger partial charge on any atom is -0.457 e. The molecule has 10 aliphatic rings. The molecule has 0 unspecified atom stereocenters. The lowest BCUT2D eigenvalue weighted by Gasteiger charge is -2.57. The summed E-state index contributed by atoms with van der Waals surface area (Å²) in [6.07, 6.45) is -9.30. The van der Waals surface area contributed by atoms with Gasteiger partial charge in [0.25, 0.3) is 0 Å². The minimum atomic E-state index is -4.97. The van der Waals surface area contributed by atoms with E-state index >= 15 is 0 Å². The van der Waals surface area contributed by atoms with Crippen molar-refractivity contribution in [1.82, 2.24) is 0 Å². The lowest BCUT2D eigenvalue weighted by atomic mass is 9.59. The van der Waals surface area contributed by atoms with Gasteiger partial charge < -0.3 is 28.4 Å². The van der Waals surface area contributed by atoms with Crippen molar-refractivity contribution in [2.45, 2.75) is 127 Å². The molecule has 12 nitrogen and oxygen atoms in total. The van der Waals surface area contributed by atoms with Crippen molar-refractivity contribution in [3.8, 4) is 0 Å². The van der Waals surface area contributed by atoms with Crippen LogP contribution >= 0.6 is 0 Å². The molecular weight excluding hydrogens is 786 g/mol. The third-order valence-electron chi connectivity index (χ3n) is 13.9. The fourth-order valence-corrected chi connectivity index (χ4v) is 11.0. The smallest absolute Gasteiger partial charge is 0.449 e. The van der Waals surface area contributed by atoms with Crippen LogP contribution in [0.1, 0.15) is 99.8 Å². The number of alkyl halides is 6. The number of ether oxygens (including phenoxy) is 6. The van der Waals surface area contributed by atoms with Gasteiger partial charge in [-0.1, -0.05) is 19.9 Å². The second kappa shape index (κ2) is 13.5. The summed E-state index contributed by atoms with van der Waals surface area (Å²) >= 11 is 0. The van der Waals surface area contributed by atoms with Crippen molar-refractivity contribution < 1.29 is 83.9 Å². The lowest BCUT2D eigenvalue weighted by Crippen LogP contribution is -2.67. The van der Waals surface area contributed by atoms with Gasteiger partial charge in [0.1, 0.15) is 13.2 Å². The van der Waals surface area contributed by atoms with Crippen LogP contribution in [0.2, 0.25) is 0 Å². The Hall–Kier alpha value is -3.42. The summed E-state index contributed by atoms with van der Waals surface area (Å²) < 4.78 is 122. The first kappa shape index (κ1) is 40.0. The molecular formula is C40H44F6O12. The van der Waals surface area contributed by atoms with Crippen LogP contribution in [-0.2, 0) is 48.0 Å². The molecule has 8 heterocycles. The predicted molar refractivity (Wildman–Crippen MR) is 181 cm³/mol. The highest BCUT2D eigenvalue weighted by molar-refractivity contribution is 5.95. The van der Waals surface area contributed by atoms with E-state index in [-0.39, 0.29) is 58.8 Å². The molecule has 1 aromatic rings. The van der Waals surface area contributed by atoms with Crippen molar-refractivity contribution in [3.63, 3.8) is 0 Å². The molecule has 318 valence electrons. The second-order valence-electron chi connectivity index (χ2n) is 17.4. The molecule has 0 amide bonds. The standard InChI is InChI=1S/C40H44F6O12/c1-19-8-10-27-23(29(39(41,42)43)51-33-37(27)25(19)12-14-35(3,53-33)55-57-37)17-49-31(47)21-6-5-7-22(16-21)32(48)50-18-24-28-11-9-20(2)26-13-15-36(4)54-34(38(26,28)58-56-36)52-30(24)40(44,45)46/h5-7,16,19-20,25-28,33-34H,8-15,17-18H2,1-4H3/t19-,20-,25+,26+,27+,28+,33-,34-,35-,36-,37-,38-/m1/s1. The van der Waals surface area contributed by atoms with E-state index in [1.807, 2.05) is 13.8 Å². The van der Waals surface area contributed by atoms with Crippen LogP contribution in [0, 0.1) is 35.5 Å². The van der Waals surface area contributed by atoms with Crippen LogP contribution in [0.3, 0.4) is 0 Å². The van der Waals surface area contributed by atoms with Gasteiger partial charge >= 0.3 is 24.3 Å². The number of fused-ring (bicyclic) bond motifs is 4. The number of allylic oxidation sites excluding steroid dienone is 2. The largest absolute Gasteiger partial charge is 0.457 e. The number of rotatable bonds is 6. The van der Waals surface area contributed by atoms with Gasteiger partial charge in [0, 0.05) is 47.7 Å². The van der Waals surface area contributed by atoms with Gasteiger partial charge in [0.05, 0.1) is 11.1 Å². The first-order chi connectivity index (χ1) is 27.3. The molecule has 0 N–H and O–H groups in total. The minimum absolute atomic E-state index is 0.0439. The summed E-state index contributed by atoms with van der Waals surface area (Å²) in [7, 11) is 0. The van der Waals surface area contributed by atoms with E-state index in [9.17, 15) is 35.9 Å². The quantitative estimate of drug-likeness (QED) is 0.156. The highest BCUT2D eigenvalue weighted by atomic mass is 19.4. The molecule has 0 radical (unpaired) electrons. The average Bonchev–Trinajstić information content (AvgIpc) is 3.55. The van der Waals surface area contributed by atoms with Gasteiger partial charge in [-0.25, -0.2) is 29.1 Å². The van der Waals surface area contributed by atoms with Gasteiger partial charge in [-0.2, -0.15) is 26.3 Å². The Kier molecular flexibility index (Phi) is 9.34. The summed E-state index contributed by atoms with van der Waals surface area (Å²) in [5.74, 6) is -9.75. The van der Waals surface area contributed by atoms with E-state index in [0.29, 0.717) is 38.5 Å². The van der Waals surface area contributed by atoms with Crippen LogP contribution in [0.15, 0.2) is 46.9 Å². The monoisotopic (exact) mass is 830 g/mol. The van der Waals surface area contributed by atoms with E-state index in [2.05, 4.69) is 0 Å². The second-order valence-corrected chi connectivity index (χ2v) is 17.4. The maximum absolute atomic E-state index is 14.6. The molecule has 2 spiro atoms. The van der Waals surface area contributed by atoms with Crippen molar-refractivity contribution in [1.29, 1.82) is 0 Å². The Balaban J connectivity index is 0.944. The lowest BCUT2D eigenvalue weighted by molar-refractivity contribution is -0.558. The Morgan fingerprint density at radius 2 is 1.07 bits per heavy atom. The molecule has 4 bridgehead atoms. The number of hydrogen-bond donors (Lipinski definition) is 0. The molecule has 1 aromatic carbocycles. The maximum atomic E-state index is 14.6. The SMILES string of the molecule is C[C@@H]1CC[C@H]2C(COC(=O)c3cccc(C(=O)OCC4=C(C(F)(F)F)O[C@@H]5O[C@@]6(C)CC[C@H]7[C@H](C)CC[C@@H]4[C@@]57OO6)c3)=C(C(F)(F)F)O[C@@H]3O[C@@]4(C)CC[C@@H]1[C@]32OO4. The summed E-state index contributed by atoms with van der Waals surface area (Å²) in [6.45, 7) is 5.51. The van der Waals surface area contributed by atoms with Crippen molar-refractivity contribution in [2.24, 2.45) is 35.5 Å². The first-order valence-electron chi connectivity index (χ1n) is 19.8. The fourth-order valence-electron chi connectivity index (χ4n) is 11.0. The Labute approximate surface area is 329 Å². The van der Waals surface area contributed by atoms with E-state index in [0.717, 1.165) is 6.07 Å². The van der Waals surface area contributed by atoms with Gasteiger partial charge in [0.15, 0.2) is 11.2 Å². The number of carbonyl (C=O) groups excluding carboxylic acids is 2. The van der Waals surface area contributed by atoms with Gasteiger partial charge in [0.2, 0.25) is 35.7 Å². The maximum Gasteiger partial charge on any atom is 0.449 e. The molecule has 58 heavy (non-hydrogen) atoms. The third-order valence-corrected chi connectivity index (χ3v) is 13.9. The summed E-state index contributed by atoms with van der Waals surface area (Å²) in [4.78, 5) is 50.2. The number of esters is 2. The topological polar surface area (TPSA) is 126 Å². The summed E-state index contributed by atoms with van der Waals surface area (Å²) in [5, 5.41) is 0. The van der Waals surface area contributed by atoms with Crippen LogP contribution < -0.4 is 0 Å². The Morgan fingerprint density at radius 3 is 1.47 bits per heavy atom. The van der Waals surface area contributed by atoms with Gasteiger partial charge in [-0.3, -0.25) is 0 Å². The normalized spacial score (nSPS) is 41.7. The highest BCUT2D eigenvalue weighted by Crippen LogP contribution is 2.63. The van der Waals surface area contributed by atoms with Crippen molar-refractivity contribution in [2.75, 3.05) is 13.2 Å². The molecule has 11 rings (SSSR count). The van der Waals surface area contributed by atoms with Crippen molar-refractivity contribution >= 4 is 11.9 Å². The number of carbonyl (C=O) groups is 2. The Morgan fingerprint density at radius 1 is 0.655 bits per heavy atom. The molecule has 2 saturated carbocycles. The predicted octanol–water partition coefficient (Wildman–Crippen LogP) is 8.12. The van der Waals surface area contributed by atoms with Crippen molar-refractivity contribution in [3.05, 3.63) is 58.1 Å². The van der Waals surface area contributed by atoms with Crippen LogP contribution in [0.25, 0.3) is 0 Å². The summed E-state index contributed by atoms with van der Waals surface area (Å²) in [6, 6.07) is 4.97. The number of halogens is 6. The molecule has 18 heteroatoms. The summed E-state index contributed by atoms with van der Waals surface area (Å²) in [5.41, 5.74) is -3.94. The zero-order chi connectivity index (χ0) is 41.2. The number of benzene rings is 1. The Bertz CT molecular complexity index is 1800. The van der Waals surface area contributed by atoms with Gasteiger partial charge in [-0.15, -0.1) is 0 Å². The molecule has 0 aromatic heterocycles. The molecule has 12 atom stereocenters. The van der Waals surface area contributed by atoms with E-state index in [1.165, 1.54) is 18.2 Å². The van der Waals surface area contributed by atoms with E-state index in [1.54, 1.807) is 13.8 Å². The van der Waals surface area contributed by atoms with Gasteiger partial charge in [-0.05, 0) is 82.4 Å². The third kappa shape index (κ3) is 6.17. The van der Waals surface area contributed by atoms with Crippen LogP contribution in [0.5, 0.6) is 0 Å². The van der Waals surface area contributed by atoms with Crippen LogP contribution in [-0.4, -0.2) is 72.9 Å². The highest BCUT2D eigenvalue weighted by Gasteiger charge is 2.72. The van der Waals surface area contributed by atoms with E-state index in [4.69, 9.17) is 48.0 Å². The zero-order valence-electron chi connectivity index (χ0n) is 32.2. The molecule has 8 aliphatic heterocycles. The zero-order valence-corrected chi connectivity index (χ0v) is 32.2. The average molecular weight is 831 g/mol. The van der Waals surface area contributed by atoms with Crippen LogP contribution in [0.4, 0.5) is 26.3 Å².